The van der Waals surface area contributed by atoms with Crippen molar-refractivity contribution >= 4 is 5.97 Å². The minimum Gasteiger partial charge on any atom is -0.481 e. The van der Waals surface area contributed by atoms with Crippen LogP contribution >= 0.6 is 0 Å². The predicted molar refractivity (Wildman–Crippen MR) is 91.5 cm³/mol. The van der Waals surface area contributed by atoms with Crippen LogP contribution in [0.5, 0.6) is 0 Å². The van der Waals surface area contributed by atoms with Crippen molar-refractivity contribution in [3.8, 4) is 0 Å². The van der Waals surface area contributed by atoms with Gasteiger partial charge in [-0.05, 0) is 43.4 Å². The Balaban J connectivity index is 4.78. The standard InChI is InChI=1S/C19H38O2/c1-7-10-15(4)12-17(6)14-19(9-3,18(20)21)13-16(5)11-8-2/h15-17H,7-14H2,1-6H3,(H,20,21). The normalized spacial score (nSPS) is 18.8. The fourth-order valence-electron chi connectivity index (χ4n) is 4.01. The molecule has 0 rings (SSSR count). The van der Waals surface area contributed by atoms with Gasteiger partial charge in [0.25, 0.3) is 0 Å². The van der Waals surface area contributed by atoms with Gasteiger partial charge in [-0.3, -0.25) is 4.79 Å². The Bertz CT molecular complexity index is 287. The second-order valence-corrected chi connectivity index (χ2v) is 7.48. The number of hydrogen-bond donors (Lipinski definition) is 1. The molecule has 0 aliphatic rings. The largest absolute Gasteiger partial charge is 0.481 e. The summed E-state index contributed by atoms with van der Waals surface area (Å²) < 4.78 is 0. The molecule has 126 valence electrons. The van der Waals surface area contributed by atoms with Gasteiger partial charge in [0.1, 0.15) is 0 Å². The average molecular weight is 299 g/mol. The third-order valence-corrected chi connectivity index (χ3v) is 4.98. The Hall–Kier alpha value is -0.530. The molecule has 0 aliphatic carbocycles. The van der Waals surface area contributed by atoms with Crippen molar-refractivity contribution in [1.29, 1.82) is 0 Å². The van der Waals surface area contributed by atoms with Gasteiger partial charge in [-0.1, -0.05) is 67.2 Å². The van der Waals surface area contributed by atoms with Crippen molar-refractivity contribution in [2.75, 3.05) is 0 Å². The number of carboxylic acid groups (broad SMARTS) is 1. The first-order valence-corrected chi connectivity index (χ1v) is 9.04. The van der Waals surface area contributed by atoms with E-state index in [1.807, 2.05) is 0 Å². The highest BCUT2D eigenvalue weighted by molar-refractivity contribution is 5.74. The SMILES string of the molecule is CCCC(C)CC(C)CC(CC)(CC(C)CCC)C(=O)O. The topological polar surface area (TPSA) is 37.3 Å². The number of hydrogen-bond acceptors (Lipinski definition) is 1. The number of aliphatic carboxylic acids is 1. The van der Waals surface area contributed by atoms with E-state index >= 15 is 0 Å². The molecule has 0 aromatic carbocycles. The first-order chi connectivity index (χ1) is 9.81. The highest BCUT2D eigenvalue weighted by Crippen LogP contribution is 2.40. The van der Waals surface area contributed by atoms with E-state index in [0.29, 0.717) is 17.8 Å². The fourth-order valence-corrected chi connectivity index (χ4v) is 4.01. The second-order valence-electron chi connectivity index (χ2n) is 7.48. The van der Waals surface area contributed by atoms with Gasteiger partial charge in [-0.25, -0.2) is 0 Å². The van der Waals surface area contributed by atoms with Crippen LogP contribution in [-0.4, -0.2) is 11.1 Å². The van der Waals surface area contributed by atoms with Crippen LogP contribution in [0.15, 0.2) is 0 Å². The summed E-state index contributed by atoms with van der Waals surface area (Å²) in [6.07, 6.45) is 8.33. The summed E-state index contributed by atoms with van der Waals surface area (Å²) in [4.78, 5) is 11.9. The van der Waals surface area contributed by atoms with Crippen LogP contribution < -0.4 is 0 Å². The van der Waals surface area contributed by atoms with Gasteiger partial charge in [0.05, 0.1) is 5.41 Å². The van der Waals surface area contributed by atoms with Crippen molar-refractivity contribution in [3.05, 3.63) is 0 Å². The molecule has 21 heavy (non-hydrogen) atoms. The summed E-state index contributed by atoms with van der Waals surface area (Å²) in [7, 11) is 0. The van der Waals surface area contributed by atoms with E-state index in [4.69, 9.17) is 0 Å². The summed E-state index contributed by atoms with van der Waals surface area (Å²) in [5.41, 5.74) is -0.514. The summed E-state index contributed by atoms with van der Waals surface area (Å²) in [5.74, 6) is 1.13. The molecule has 0 fully saturated rings. The van der Waals surface area contributed by atoms with E-state index < -0.39 is 11.4 Å². The van der Waals surface area contributed by atoms with Gasteiger partial charge in [-0.2, -0.15) is 0 Å². The quantitative estimate of drug-likeness (QED) is 0.469. The second kappa shape index (κ2) is 10.2. The Labute approximate surface area is 132 Å². The lowest BCUT2D eigenvalue weighted by Gasteiger charge is -2.34. The van der Waals surface area contributed by atoms with Crippen LogP contribution in [0.1, 0.15) is 92.9 Å². The molecule has 0 heterocycles. The van der Waals surface area contributed by atoms with Crippen molar-refractivity contribution in [3.63, 3.8) is 0 Å². The van der Waals surface area contributed by atoms with Crippen LogP contribution in [0, 0.1) is 23.2 Å². The van der Waals surface area contributed by atoms with Crippen molar-refractivity contribution in [2.45, 2.75) is 92.9 Å². The van der Waals surface area contributed by atoms with E-state index in [0.717, 1.165) is 38.5 Å². The summed E-state index contributed by atoms with van der Waals surface area (Å²) in [6.45, 7) is 13.2. The third kappa shape index (κ3) is 7.33. The molecule has 4 atom stereocenters. The molecule has 0 bridgehead atoms. The van der Waals surface area contributed by atoms with Crippen molar-refractivity contribution in [1.82, 2.24) is 0 Å². The van der Waals surface area contributed by atoms with Crippen LogP contribution in [0.2, 0.25) is 0 Å². The van der Waals surface area contributed by atoms with Crippen LogP contribution in [0.4, 0.5) is 0 Å². The van der Waals surface area contributed by atoms with Gasteiger partial charge in [-0.15, -0.1) is 0 Å². The van der Waals surface area contributed by atoms with E-state index in [-0.39, 0.29) is 0 Å². The molecule has 0 aromatic heterocycles. The molecule has 0 saturated heterocycles. The molecule has 0 spiro atoms. The first kappa shape index (κ1) is 20.5. The van der Waals surface area contributed by atoms with Gasteiger partial charge >= 0.3 is 5.97 Å². The van der Waals surface area contributed by atoms with Gasteiger partial charge in [0, 0.05) is 0 Å². The number of rotatable bonds is 12. The fraction of sp³-hybridized carbons (Fsp3) is 0.947. The average Bonchev–Trinajstić information content (AvgIpc) is 2.37. The zero-order valence-corrected chi connectivity index (χ0v) is 15.2. The minimum atomic E-state index is -0.581. The van der Waals surface area contributed by atoms with Crippen LogP contribution in [-0.2, 0) is 4.79 Å². The molecule has 0 amide bonds. The maximum atomic E-state index is 11.9. The maximum Gasteiger partial charge on any atom is 0.309 e. The van der Waals surface area contributed by atoms with Gasteiger partial charge < -0.3 is 5.11 Å². The summed E-state index contributed by atoms with van der Waals surface area (Å²) >= 11 is 0. The van der Waals surface area contributed by atoms with Gasteiger partial charge in [0.15, 0.2) is 0 Å². The zero-order chi connectivity index (χ0) is 16.5. The summed E-state index contributed by atoms with van der Waals surface area (Å²) in [5, 5.41) is 9.83. The predicted octanol–water partition coefficient (Wildman–Crippen LogP) is 6.15. The number of carboxylic acids is 1. The smallest absolute Gasteiger partial charge is 0.309 e. The zero-order valence-electron chi connectivity index (χ0n) is 15.2. The lowest BCUT2D eigenvalue weighted by Crippen LogP contribution is -2.34. The van der Waals surface area contributed by atoms with Crippen molar-refractivity contribution < 1.29 is 9.90 Å². The lowest BCUT2D eigenvalue weighted by atomic mass is 9.70. The van der Waals surface area contributed by atoms with E-state index in [9.17, 15) is 9.90 Å². The highest BCUT2D eigenvalue weighted by atomic mass is 16.4. The van der Waals surface area contributed by atoms with Gasteiger partial charge in [0.2, 0.25) is 0 Å². The van der Waals surface area contributed by atoms with E-state index in [2.05, 4.69) is 41.5 Å². The molecule has 4 unspecified atom stereocenters. The van der Waals surface area contributed by atoms with E-state index in [1.54, 1.807) is 0 Å². The Kier molecular flexibility index (Phi) is 9.98. The highest BCUT2D eigenvalue weighted by Gasteiger charge is 2.39. The Morgan fingerprint density at radius 1 is 0.905 bits per heavy atom. The number of carbonyl (C=O) groups is 1. The molecule has 1 N–H and O–H groups in total. The minimum absolute atomic E-state index is 0.497. The maximum absolute atomic E-state index is 11.9. The third-order valence-electron chi connectivity index (χ3n) is 4.98. The molecule has 0 aromatic rings. The van der Waals surface area contributed by atoms with Crippen LogP contribution in [0.3, 0.4) is 0 Å². The molecule has 2 nitrogen and oxygen atoms in total. The first-order valence-electron chi connectivity index (χ1n) is 9.04. The molecule has 0 radical (unpaired) electrons. The Morgan fingerprint density at radius 3 is 1.81 bits per heavy atom. The monoisotopic (exact) mass is 298 g/mol. The molecular formula is C19H38O2. The lowest BCUT2D eigenvalue weighted by molar-refractivity contribution is -0.151. The van der Waals surface area contributed by atoms with Crippen LogP contribution in [0.25, 0.3) is 0 Å². The van der Waals surface area contributed by atoms with Crippen molar-refractivity contribution in [2.24, 2.45) is 23.2 Å². The molecular weight excluding hydrogens is 260 g/mol. The Morgan fingerprint density at radius 2 is 1.38 bits per heavy atom. The summed E-state index contributed by atoms with van der Waals surface area (Å²) in [6, 6.07) is 0. The van der Waals surface area contributed by atoms with E-state index in [1.165, 1.54) is 12.8 Å². The molecule has 2 heteroatoms. The molecule has 0 saturated carbocycles. The molecule has 0 aliphatic heterocycles.